The summed E-state index contributed by atoms with van der Waals surface area (Å²) in [6.45, 7) is 3.48. The number of methoxy groups -OCH3 is 2. The van der Waals surface area contributed by atoms with Crippen LogP contribution < -0.4 is 4.74 Å². The van der Waals surface area contributed by atoms with Gasteiger partial charge < -0.3 is 9.47 Å². The maximum Gasteiger partial charge on any atom is 0.315 e. The van der Waals surface area contributed by atoms with Gasteiger partial charge in [-0.2, -0.15) is 0 Å². The molecule has 0 heterocycles. The van der Waals surface area contributed by atoms with Crippen LogP contribution in [0, 0.1) is 0 Å². The fourth-order valence-corrected chi connectivity index (χ4v) is 2.29. The Morgan fingerprint density at radius 3 is 2.39 bits per heavy atom. The summed E-state index contributed by atoms with van der Waals surface area (Å²) in [5.41, 5.74) is 0.240. The minimum atomic E-state index is -0.832. The summed E-state index contributed by atoms with van der Waals surface area (Å²) >= 11 is 3.33. The molecule has 0 unspecified atom stereocenters. The van der Waals surface area contributed by atoms with Gasteiger partial charge in [0.1, 0.15) is 5.75 Å². The molecule has 0 fully saturated rings. The van der Waals surface area contributed by atoms with E-state index < -0.39 is 5.41 Å². The van der Waals surface area contributed by atoms with Crippen molar-refractivity contribution in [3.63, 3.8) is 0 Å². The molecule has 1 aromatic rings. The molecule has 1 rings (SSSR count). The van der Waals surface area contributed by atoms with Crippen molar-refractivity contribution in [1.29, 1.82) is 0 Å². The van der Waals surface area contributed by atoms with Crippen molar-refractivity contribution in [2.45, 2.75) is 19.3 Å². The molecule has 18 heavy (non-hydrogen) atoms. The molecule has 0 amide bonds. The number of ether oxygens (including phenoxy) is 2. The van der Waals surface area contributed by atoms with E-state index in [2.05, 4.69) is 15.9 Å². The highest BCUT2D eigenvalue weighted by Gasteiger charge is 2.32. The van der Waals surface area contributed by atoms with Crippen molar-refractivity contribution in [3.05, 3.63) is 27.7 Å². The Kier molecular flexibility index (Phi) is 4.51. The van der Waals surface area contributed by atoms with Crippen molar-refractivity contribution in [2.24, 2.45) is 0 Å². The average molecular weight is 315 g/mol. The van der Waals surface area contributed by atoms with E-state index in [1.54, 1.807) is 26.0 Å². The molecule has 1 aromatic carbocycles. The lowest BCUT2D eigenvalue weighted by atomic mass is 9.84. The number of hydrogen-bond acceptors (Lipinski definition) is 4. The zero-order valence-electron chi connectivity index (χ0n) is 10.7. The molecule has 0 bridgehead atoms. The standard InChI is InChI=1S/C13H15BrO4/c1-13(2,12(16)18-4)9-5-8(7-15)11(17-3)10(14)6-9/h5-7H,1-4H3. The van der Waals surface area contributed by atoms with Crippen LogP contribution in [0.15, 0.2) is 16.6 Å². The second kappa shape index (κ2) is 5.52. The number of carbonyl (C=O) groups excluding carboxylic acids is 2. The van der Waals surface area contributed by atoms with E-state index in [0.717, 1.165) is 0 Å². The third-order valence-corrected chi connectivity index (χ3v) is 3.41. The molecular formula is C13H15BrO4. The zero-order valence-corrected chi connectivity index (χ0v) is 12.3. The number of benzene rings is 1. The summed E-state index contributed by atoms with van der Waals surface area (Å²) in [5, 5.41) is 0. The third kappa shape index (κ3) is 2.56. The van der Waals surface area contributed by atoms with Crippen molar-refractivity contribution in [3.8, 4) is 5.75 Å². The summed E-state index contributed by atoms with van der Waals surface area (Å²) in [6, 6.07) is 3.39. The van der Waals surface area contributed by atoms with Crippen LogP contribution in [0.1, 0.15) is 29.8 Å². The molecule has 98 valence electrons. The fourth-order valence-electron chi connectivity index (χ4n) is 1.65. The molecule has 0 aromatic heterocycles. The molecule has 0 spiro atoms. The van der Waals surface area contributed by atoms with Crippen LogP contribution in [0.2, 0.25) is 0 Å². The lowest BCUT2D eigenvalue weighted by Crippen LogP contribution is -2.30. The molecule has 0 radical (unpaired) electrons. The van der Waals surface area contributed by atoms with E-state index in [-0.39, 0.29) is 5.97 Å². The Bertz CT molecular complexity index is 480. The Hall–Kier alpha value is -1.36. The molecule has 0 atom stereocenters. The van der Waals surface area contributed by atoms with Crippen LogP contribution in [-0.4, -0.2) is 26.5 Å². The van der Waals surface area contributed by atoms with Gasteiger partial charge >= 0.3 is 5.97 Å². The van der Waals surface area contributed by atoms with Crippen LogP contribution in [0.25, 0.3) is 0 Å². The first-order valence-electron chi connectivity index (χ1n) is 5.30. The van der Waals surface area contributed by atoms with Gasteiger partial charge in [-0.05, 0) is 47.5 Å². The van der Waals surface area contributed by atoms with Crippen molar-refractivity contribution in [1.82, 2.24) is 0 Å². The number of halogens is 1. The quantitative estimate of drug-likeness (QED) is 0.633. The third-order valence-electron chi connectivity index (χ3n) is 2.82. The highest BCUT2D eigenvalue weighted by molar-refractivity contribution is 9.10. The van der Waals surface area contributed by atoms with Gasteiger partial charge in [0.05, 0.1) is 29.7 Å². The van der Waals surface area contributed by atoms with Crippen molar-refractivity contribution >= 4 is 28.2 Å². The second-order valence-corrected chi connectivity index (χ2v) is 5.17. The predicted molar refractivity (Wildman–Crippen MR) is 71.1 cm³/mol. The second-order valence-electron chi connectivity index (χ2n) is 4.31. The van der Waals surface area contributed by atoms with Gasteiger partial charge in [-0.3, -0.25) is 9.59 Å². The SMILES string of the molecule is COC(=O)C(C)(C)c1cc(Br)c(OC)c(C=O)c1. The first-order chi connectivity index (χ1) is 8.38. The molecule has 0 aliphatic rings. The lowest BCUT2D eigenvalue weighted by Gasteiger charge is -2.23. The normalized spacial score (nSPS) is 10.9. The summed E-state index contributed by atoms with van der Waals surface area (Å²) in [7, 11) is 2.82. The maximum atomic E-state index is 11.7. The Morgan fingerprint density at radius 1 is 1.33 bits per heavy atom. The van der Waals surface area contributed by atoms with Crippen molar-refractivity contribution < 1.29 is 19.1 Å². The average Bonchev–Trinajstić information content (AvgIpc) is 2.36. The van der Waals surface area contributed by atoms with E-state index >= 15 is 0 Å². The first kappa shape index (κ1) is 14.7. The van der Waals surface area contributed by atoms with Gasteiger partial charge in [-0.1, -0.05) is 0 Å². The smallest absolute Gasteiger partial charge is 0.315 e. The highest BCUT2D eigenvalue weighted by atomic mass is 79.9. The van der Waals surface area contributed by atoms with Crippen LogP contribution in [-0.2, 0) is 14.9 Å². The Balaban J connectivity index is 3.40. The van der Waals surface area contributed by atoms with E-state index in [1.807, 2.05) is 0 Å². The van der Waals surface area contributed by atoms with Crippen LogP contribution in [0.3, 0.4) is 0 Å². The number of aldehydes is 1. The summed E-state index contributed by atoms with van der Waals surface area (Å²) < 4.78 is 10.5. The monoisotopic (exact) mass is 314 g/mol. The number of rotatable bonds is 4. The summed E-state index contributed by atoms with van der Waals surface area (Å²) in [4.78, 5) is 22.8. The van der Waals surface area contributed by atoms with Crippen LogP contribution in [0.5, 0.6) is 5.75 Å². The molecule has 0 aliphatic heterocycles. The molecule has 5 heteroatoms. The van der Waals surface area contributed by atoms with Gasteiger partial charge in [0.2, 0.25) is 0 Å². The topological polar surface area (TPSA) is 52.6 Å². The zero-order chi connectivity index (χ0) is 13.9. The predicted octanol–water partition coefficient (Wildman–Crippen LogP) is 2.72. The number of hydrogen-bond donors (Lipinski definition) is 0. The van der Waals surface area contributed by atoms with Gasteiger partial charge in [0.25, 0.3) is 0 Å². The molecule has 0 saturated carbocycles. The molecule has 4 nitrogen and oxygen atoms in total. The minimum Gasteiger partial charge on any atom is -0.495 e. The highest BCUT2D eigenvalue weighted by Crippen LogP contribution is 2.34. The van der Waals surface area contributed by atoms with Gasteiger partial charge in [0, 0.05) is 0 Å². The van der Waals surface area contributed by atoms with E-state index in [4.69, 9.17) is 9.47 Å². The van der Waals surface area contributed by atoms with Crippen LogP contribution >= 0.6 is 15.9 Å². The Morgan fingerprint density at radius 2 is 1.94 bits per heavy atom. The maximum absolute atomic E-state index is 11.7. The van der Waals surface area contributed by atoms with Gasteiger partial charge in [-0.15, -0.1) is 0 Å². The molecule has 0 saturated heterocycles. The summed E-state index contributed by atoms with van der Waals surface area (Å²) in [6.07, 6.45) is 0.695. The largest absolute Gasteiger partial charge is 0.495 e. The number of esters is 1. The van der Waals surface area contributed by atoms with Crippen LogP contribution in [0.4, 0.5) is 0 Å². The van der Waals surface area contributed by atoms with E-state index in [1.165, 1.54) is 14.2 Å². The lowest BCUT2D eigenvalue weighted by molar-refractivity contribution is -0.146. The van der Waals surface area contributed by atoms with E-state index in [9.17, 15) is 9.59 Å². The van der Waals surface area contributed by atoms with E-state index in [0.29, 0.717) is 27.6 Å². The van der Waals surface area contributed by atoms with Gasteiger partial charge in [-0.25, -0.2) is 0 Å². The number of carbonyl (C=O) groups is 2. The molecular weight excluding hydrogens is 300 g/mol. The Labute approximate surface area is 114 Å². The minimum absolute atomic E-state index is 0.364. The summed E-state index contributed by atoms with van der Waals surface area (Å²) in [5.74, 6) is 0.0887. The fraction of sp³-hybridized carbons (Fsp3) is 0.385. The first-order valence-corrected chi connectivity index (χ1v) is 6.09. The molecule has 0 N–H and O–H groups in total. The molecule has 0 aliphatic carbocycles. The van der Waals surface area contributed by atoms with Gasteiger partial charge in [0.15, 0.2) is 6.29 Å². The van der Waals surface area contributed by atoms with Crippen molar-refractivity contribution in [2.75, 3.05) is 14.2 Å².